The molecule has 4 aromatic rings. The number of nitrogens with one attached hydrogen (secondary N) is 1. The van der Waals surface area contributed by atoms with Crippen molar-refractivity contribution in [3.63, 3.8) is 0 Å². The van der Waals surface area contributed by atoms with Gasteiger partial charge in [0.15, 0.2) is 11.0 Å². The summed E-state index contributed by atoms with van der Waals surface area (Å²) >= 11 is 13.5. The lowest BCUT2D eigenvalue weighted by Crippen LogP contribution is -2.27. The minimum absolute atomic E-state index is 0.0783. The highest BCUT2D eigenvalue weighted by Crippen LogP contribution is 2.28. The van der Waals surface area contributed by atoms with Crippen LogP contribution in [0.15, 0.2) is 71.9 Å². The van der Waals surface area contributed by atoms with Crippen molar-refractivity contribution < 1.29 is 4.79 Å². The summed E-state index contributed by atoms with van der Waals surface area (Å²) in [7, 11) is 0. The molecule has 3 aromatic carbocycles. The molecule has 0 saturated heterocycles. The Morgan fingerprint density at radius 1 is 0.941 bits per heavy atom. The summed E-state index contributed by atoms with van der Waals surface area (Å²) in [5, 5.41) is 13.7. The smallest absolute Gasteiger partial charge is 0.230 e. The minimum atomic E-state index is -0.0783. The van der Waals surface area contributed by atoms with Gasteiger partial charge in [0.05, 0.1) is 5.75 Å². The van der Waals surface area contributed by atoms with Gasteiger partial charge >= 0.3 is 0 Å². The first-order valence-corrected chi connectivity index (χ1v) is 12.6. The molecule has 0 aliphatic rings. The van der Waals surface area contributed by atoms with Gasteiger partial charge < -0.3 is 5.32 Å². The lowest BCUT2D eigenvalue weighted by atomic mass is 10.1. The van der Waals surface area contributed by atoms with Gasteiger partial charge in [-0.05, 0) is 50.1 Å². The lowest BCUT2D eigenvalue weighted by Gasteiger charge is -2.11. The highest BCUT2D eigenvalue weighted by Gasteiger charge is 2.17. The number of nitrogens with zero attached hydrogens (tertiary/aromatic N) is 3. The number of rotatable bonds is 8. The number of carbonyl (C=O) groups excluding carboxylic acids is 1. The van der Waals surface area contributed by atoms with E-state index in [4.69, 9.17) is 23.2 Å². The predicted octanol–water partition coefficient (Wildman–Crippen LogP) is 6.31. The van der Waals surface area contributed by atoms with Crippen LogP contribution < -0.4 is 5.32 Å². The topological polar surface area (TPSA) is 59.8 Å². The summed E-state index contributed by atoms with van der Waals surface area (Å²) in [6.07, 6.45) is 0.629. The summed E-state index contributed by atoms with van der Waals surface area (Å²) in [6, 6.07) is 21.7. The molecule has 0 atom stereocenters. The third-order valence-corrected chi connectivity index (χ3v) is 6.82. The zero-order chi connectivity index (χ0) is 24.1. The number of carbonyl (C=O) groups is 1. The molecule has 0 unspecified atom stereocenters. The van der Waals surface area contributed by atoms with Crippen LogP contribution >= 0.6 is 35.0 Å². The van der Waals surface area contributed by atoms with Crippen LogP contribution in [0, 0.1) is 13.8 Å². The van der Waals surface area contributed by atoms with Crippen LogP contribution in [0.5, 0.6) is 0 Å². The Hall–Kier alpha value is -2.80. The molecule has 8 heteroatoms. The van der Waals surface area contributed by atoms with Crippen LogP contribution in [0.3, 0.4) is 0 Å². The highest BCUT2D eigenvalue weighted by atomic mass is 35.5. The zero-order valence-corrected chi connectivity index (χ0v) is 21.2. The number of benzene rings is 3. The molecule has 174 valence electrons. The van der Waals surface area contributed by atoms with E-state index in [1.807, 2.05) is 41.8 Å². The SMILES string of the molecule is Cc1ccc(-c2nnc(SCC(=O)NCCc3ccc(Cl)cc3Cl)n2-c2ccc(C)cc2)cc1. The van der Waals surface area contributed by atoms with E-state index in [2.05, 4.69) is 46.7 Å². The fourth-order valence-corrected chi connectivity index (χ4v) is 4.71. The van der Waals surface area contributed by atoms with E-state index < -0.39 is 0 Å². The summed E-state index contributed by atoms with van der Waals surface area (Å²) in [5.74, 6) is 0.890. The second kappa shape index (κ2) is 11.1. The van der Waals surface area contributed by atoms with E-state index in [1.165, 1.54) is 22.9 Å². The average molecular weight is 511 g/mol. The Kier molecular flexibility index (Phi) is 7.93. The Morgan fingerprint density at radius 3 is 2.29 bits per heavy atom. The summed E-state index contributed by atoms with van der Waals surface area (Å²) in [5.41, 5.74) is 5.21. The molecular weight excluding hydrogens is 487 g/mol. The second-order valence-electron chi connectivity index (χ2n) is 7.97. The molecule has 5 nitrogen and oxygen atoms in total. The van der Waals surface area contributed by atoms with Crippen molar-refractivity contribution >= 4 is 40.9 Å². The first kappa shape index (κ1) is 24.3. The molecule has 0 fully saturated rings. The van der Waals surface area contributed by atoms with E-state index in [0.717, 1.165) is 22.6 Å². The third-order valence-electron chi connectivity index (χ3n) is 5.30. The first-order chi connectivity index (χ1) is 16.4. The molecule has 0 spiro atoms. The standard InChI is InChI=1S/C26H24Cl2N4OS/c1-17-3-7-20(8-4-17)25-30-31-26(32(25)22-11-5-18(2)6-12-22)34-16-24(33)29-14-13-19-9-10-21(27)15-23(19)28/h3-12,15H,13-14,16H2,1-2H3,(H,29,33). The van der Waals surface area contributed by atoms with Gasteiger partial charge in [-0.15, -0.1) is 10.2 Å². The molecule has 0 aliphatic carbocycles. The van der Waals surface area contributed by atoms with Crippen LogP contribution in [-0.2, 0) is 11.2 Å². The van der Waals surface area contributed by atoms with Gasteiger partial charge in [0.25, 0.3) is 0 Å². The molecule has 1 heterocycles. The number of thioether (sulfide) groups is 1. The minimum Gasteiger partial charge on any atom is -0.355 e. The van der Waals surface area contributed by atoms with Crippen molar-refractivity contribution in [2.24, 2.45) is 0 Å². The maximum atomic E-state index is 12.5. The number of aryl methyl sites for hydroxylation is 2. The molecule has 0 radical (unpaired) electrons. The molecule has 34 heavy (non-hydrogen) atoms. The van der Waals surface area contributed by atoms with Crippen LogP contribution in [0.4, 0.5) is 0 Å². The van der Waals surface area contributed by atoms with Crippen molar-refractivity contribution in [3.8, 4) is 17.1 Å². The van der Waals surface area contributed by atoms with Crippen molar-refractivity contribution in [2.75, 3.05) is 12.3 Å². The molecule has 1 N–H and O–H groups in total. The second-order valence-corrected chi connectivity index (χ2v) is 9.75. The largest absolute Gasteiger partial charge is 0.355 e. The summed E-state index contributed by atoms with van der Waals surface area (Å²) < 4.78 is 2.00. The Morgan fingerprint density at radius 2 is 1.62 bits per heavy atom. The molecule has 0 aliphatic heterocycles. The van der Waals surface area contributed by atoms with Crippen LogP contribution in [0.1, 0.15) is 16.7 Å². The Bertz CT molecular complexity index is 1290. The number of hydrogen-bond donors (Lipinski definition) is 1. The van der Waals surface area contributed by atoms with Crippen molar-refractivity contribution in [1.82, 2.24) is 20.1 Å². The van der Waals surface area contributed by atoms with E-state index in [1.54, 1.807) is 12.1 Å². The van der Waals surface area contributed by atoms with Gasteiger partial charge in [-0.2, -0.15) is 0 Å². The number of amides is 1. The Balaban J connectivity index is 1.46. The van der Waals surface area contributed by atoms with Gasteiger partial charge in [-0.25, -0.2) is 0 Å². The normalized spacial score (nSPS) is 10.9. The molecule has 4 rings (SSSR count). The van der Waals surface area contributed by atoms with E-state index >= 15 is 0 Å². The van der Waals surface area contributed by atoms with Crippen LogP contribution in [0.2, 0.25) is 10.0 Å². The van der Waals surface area contributed by atoms with Crippen molar-refractivity contribution in [2.45, 2.75) is 25.4 Å². The lowest BCUT2D eigenvalue weighted by molar-refractivity contribution is -0.118. The van der Waals surface area contributed by atoms with E-state index in [0.29, 0.717) is 28.2 Å². The first-order valence-electron chi connectivity index (χ1n) is 10.8. The van der Waals surface area contributed by atoms with Crippen molar-refractivity contribution in [3.05, 3.63) is 93.5 Å². The quantitative estimate of drug-likeness (QED) is 0.282. The molecule has 0 bridgehead atoms. The van der Waals surface area contributed by atoms with Crippen LogP contribution in [0.25, 0.3) is 17.1 Å². The fourth-order valence-electron chi connectivity index (χ4n) is 3.42. The van der Waals surface area contributed by atoms with Crippen LogP contribution in [-0.4, -0.2) is 33.0 Å². The Labute approximate surface area is 213 Å². The fraction of sp³-hybridized carbons (Fsp3) is 0.192. The third kappa shape index (κ3) is 6.00. The van der Waals surface area contributed by atoms with Gasteiger partial charge in [-0.1, -0.05) is 88.6 Å². The predicted molar refractivity (Wildman–Crippen MR) is 140 cm³/mol. The zero-order valence-electron chi connectivity index (χ0n) is 18.9. The van der Waals surface area contributed by atoms with E-state index in [9.17, 15) is 4.79 Å². The van der Waals surface area contributed by atoms with Gasteiger partial charge in [0, 0.05) is 27.8 Å². The van der Waals surface area contributed by atoms with Gasteiger partial charge in [0.1, 0.15) is 0 Å². The average Bonchev–Trinajstić information content (AvgIpc) is 3.24. The number of halogens is 2. The monoisotopic (exact) mass is 510 g/mol. The van der Waals surface area contributed by atoms with Gasteiger partial charge in [-0.3, -0.25) is 9.36 Å². The molecule has 1 aromatic heterocycles. The van der Waals surface area contributed by atoms with Gasteiger partial charge in [0.2, 0.25) is 5.91 Å². The molecule has 0 saturated carbocycles. The highest BCUT2D eigenvalue weighted by molar-refractivity contribution is 7.99. The summed E-state index contributed by atoms with van der Waals surface area (Å²) in [4.78, 5) is 12.5. The summed E-state index contributed by atoms with van der Waals surface area (Å²) in [6.45, 7) is 4.59. The maximum absolute atomic E-state index is 12.5. The van der Waals surface area contributed by atoms with Crippen molar-refractivity contribution in [1.29, 1.82) is 0 Å². The van der Waals surface area contributed by atoms with E-state index in [-0.39, 0.29) is 11.7 Å². The molecule has 1 amide bonds. The molecular formula is C26H24Cl2N4OS. The number of aromatic nitrogens is 3. The number of hydrogen-bond acceptors (Lipinski definition) is 4. The maximum Gasteiger partial charge on any atom is 0.230 e.